The molecule has 1 saturated heterocycles. The number of nitriles is 1. The van der Waals surface area contributed by atoms with Gasteiger partial charge in [-0.2, -0.15) is 5.26 Å². The highest BCUT2D eigenvalue weighted by atomic mass is 16.7. The van der Waals surface area contributed by atoms with Crippen LogP contribution in [-0.4, -0.2) is 30.9 Å². The fraction of sp³-hybridized carbons (Fsp3) is 0.182. The molecule has 7 heteroatoms. The molecule has 7 nitrogen and oxygen atoms in total. The lowest BCUT2D eigenvalue weighted by molar-refractivity contribution is -0.0441. The Balaban J connectivity index is 1.63. The van der Waals surface area contributed by atoms with Gasteiger partial charge in [-0.1, -0.05) is 36.4 Å². The number of aromatic nitrogens is 1. The molecule has 1 fully saturated rings. The predicted molar refractivity (Wildman–Crippen MR) is 106 cm³/mol. The normalized spacial score (nSPS) is 13.9. The molecule has 3 aromatic rings. The second-order valence-electron chi connectivity index (χ2n) is 6.52. The van der Waals surface area contributed by atoms with E-state index in [1.807, 2.05) is 54.6 Å². The van der Waals surface area contributed by atoms with Gasteiger partial charge in [0.1, 0.15) is 6.07 Å². The first-order chi connectivity index (χ1) is 14.1. The summed E-state index contributed by atoms with van der Waals surface area (Å²) in [7, 11) is 1.28. The highest BCUT2D eigenvalue weighted by Gasteiger charge is 2.22. The van der Waals surface area contributed by atoms with Gasteiger partial charge in [-0.3, -0.25) is 0 Å². The molecule has 0 bridgehead atoms. The maximum atomic E-state index is 12.1. The number of rotatable bonds is 4. The Kier molecular flexibility index (Phi) is 5.04. The largest absolute Gasteiger partial charge is 0.464 e. The fourth-order valence-corrected chi connectivity index (χ4v) is 3.32. The molecule has 29 heavy (non-hydrogen) atoms. The molecule has 146 valence electrons. The second kappa shape index (κ2) is 7.80. The van der Waals surface area contributed by atoms with Crippen LogP contribution in [-0.2, 0) is 14.2 Å². The number of nitrogen functional groups attached to an aromatic ring is 1. The summed E-state index contributed by atoms with van der Waals surface area (Å²) in [6.45, 7) is 1.22. The average molecular weight is 389 g/mol. The molecule has 2 heterocycles. The van der Waals surface area contributed by atoms with E-state index in [9.17, 15) is 10.1 Å². The molecule has 0 unspecified atom stereocenters. The number of anilines is 1. The van der Waals surface area contributed by atoms with Gasteiger partial charge in [0.05, 0.1) is 31.6 Å². The van der Waals surface area contributed by atoms with Crippen LogP contribution in [0.4, 0.5) is 5.69 Å². The Morgan fingerprint density at radius 3 is 2.24 bits per heavy atom. The van der Waals surface area contributed by atoms with Gasteiger partial charge < -0.3 is 24.5 Å². The summed E-state index contributed by atoms with van der Waals surface area (Å²) in [5, 5.41) is 9.24. The van der Waals surface area contributed by atoms with Crippen molar-refractivity contribution in [1.82, 2.24) is 4.57 Å². The first-order valence-electron chi connectivity index (χ1n) is 9.05. The number of nitrogens with zero attached hydrogens (tertiary/aromatic N) is 2. The molecular formula is C22H19N3O4. The third-order valence-electron chi connectivity index (χ3n) is 4.83. The Hall–Kier alpha value is -3.60. The van der Waals surface area contributed by atoms with Crippen molar-refractivity contribution in [3.63, 3.8) is 0 Å². The zero-order valence-electron chi connectivity index (χ0n) is 15.8. The quantitative estimate of drug-likeness (QED) is 0.686. The van der Waals surface area contributed by atoms with E-state index in [0.29, 0.717) is 18.9 Å². The van der Waals surface area contributed by atoms with Gasteiger partial charge in [0.25, 0.3) is 0 Å². The minimum atomic E-state index is -0.597. The standard InChI is InChI=1S/C22H19N3O4/c1-27-21(26)20-19(24)17(12-23)13-25(20)18-8-6-15(7-9-18)14-2-4-16(5-3-14)22-28-10-11-29-22/h2-9,13,22H,10-11,24H2,1H3. The topological polar surface area (TPSA) is 99.5 Å². The number of carbonyl (C=O) groups is 1. The van der Waals surface area contributed by atoms with Crippen molar-refractivity contribution in [2.45, 2.75) is 6.29 Å². The first-order valence-corrected chi connectivity index (χ1v) is 9.05. The SMILES string of the molecule is COC(=O)c1c(N)c(C#N)cn1-c1ccc(-c2ccc(C3OCCO3)cc2)cc1. The summed E-state index contributed by atoms with van der Waals surface area (Å²) in [4.78, 5) is 12.1. The monoisotopic (exact) mass is 389 g/mol. The zero-order valence-corrected chi connectivity index (χ0v) is 15.8. The first kappa shape index (κ1) is 18.7. The lowest BCUT2D eigenvalue weighted by Crippen LogP contribution is -2.11. The Labute approximate surface area is 167 Å². The van der Waals surface area contributed by atoms with E-state index in [-0.39, 0.29) is 23.2 Å². The number of hydrogen-bond acceptors (Lipinski definition) is 6. The van der Waals surface area contributed by atoms with Crippen LogP contribution in [0.15, 0.2) is 54.7 Å². The van der Waals surface area contributed by atoms with Gasteiger partial charge in [-0.25, -0.2) is 4.79 Å². The Morgan fingerprint density at radius 1 is 1.10 bits per heavy atom. The second-order valence-corrected chi connectivity index (χ2v) is 6.52. The molecule has 1 aliphatic heterocycles. The number of ether oxygens (including phenoxy) is 3. The van der Waals surface area contributed by atoms with Crippen molar-refractivity contribution in [2.24, 2.45) is 0 Å². The number of hydrogen-bond donors (Lipinski definition) is 1. The highest BCUT2D eigenvalue weighted by molar-refractivity contribution is 5.96. The molecule has 0 aliphatic carbocycles. The minimum absolute atomic E-state index is 0.107. The van der Waals surface area contributed by atoms with Gasteiger partial charge in [0.2, 0.25) is 0 Å². The fourth-order valence-electron chi connectivity index (χ4n) is 3.32. The maximum absolute atomic E-state index is 12.1. The molecule has 2 aromatic carbocycles. The van der Waals surface area contributed by atoms with Gasteiger partial charge in [-0.05, 0) is 23.3 Å². The van der Waals surface area contributed by atoms with E-state index in [2.05, 4.69) is 0 Å². The lowest BCUT2D eigenvalue weighted by Gasteiger charge is -2.11. The average Bonchev–Trinajstić information content (AvgIpc) is 3.41. The van der Waals surface area contributed by atoms with E-state index in [1.165, 1.54) is 13.3 Å². The van der Waals surface area contributed by atoms with Crippen molar-refractivity contribution in [3.05, 3.63) is 71.5 Å². The molecule has 0 atom stereocenters. The van der Waals surface area contributed by atoms with Crippen LogP contribution in [0.3, 0.4) is 0 Å². The van der Waals surface area contributed by atoms with Crippen molar-refractivity contribution >= 4 is 11.7 Å². The molecule has 0 amide bonds. The molecule has 1 aromatic heterocycles. The predicted octanol–water partition coefficient (Wildman–Crippen LogP) is 3.43. The van der Waals surface area contributed by atoms with Crippen LogP contribution < -0.4 is 5.73 Å². The Bertz CT molecular complexity index is 1070. The summed E-state index contributed by atoms with van der Waals surface area (Å²) in [6, 6.07) is 17.6. The van der Waals surface area contributed by atoms with Crippen LogP contribution >= 0.6 is 0 Å². The van der Waals surface area contributed by atoms with Crippen LogP contribution in [0.1, 0.15) is 27.9 Å². The van der Waals surface area contributed by atoms with Crippen LogP contribution in [0.2, 0.25) is 0 Å². The molecule has 1 aliphatic rings. The summed E-state index contributed by atoms with van der Waals surface area (Å²) >= 11 is 0. The van der Waals surface area contributed by atoms with Crippen molar-refractivity contribution in [3.8, 4) is 22.9 Å². The zero-order chi connectivity index (χ0) is 20.4. The van der Waals surface area contributed by atoms with Crippen molar-refractivity contribution in [2.75, 3.05) is 26.1 Å². The molecule has 0 saturated carbocycles. The summed E-state index contributed by atoms with van der Waals surface area (Å²) in [5.74, 6) is -0.597. The summed E-state index contributed by atoms with van der Waals surface area (Å²) < 4.78 is 17.4. The number of benzene rings is 2. The van der Waals surface area contributed by atoms with E-state index in [1.54, 1.807) is 4.57 Å². The van der Waals surface area contributed by atoms with Crippen LogP contribution in [0.5, 0.6) is 0 Å². The number of nitrogens with two attached hydrogens (primary N) is 1. The molecular weight excluding hydrogens is 370 g/mol. The van der Waals surface area contributed by atoms with Gasteiger partial charge in [0.15, 0.2) is 12.0 Å². The van der Waals surface area contributed by atoms with Crippen molar-refractivity contribution < 1.29 is 19.0 Å². The molecule has 2 N–H and O–H groups in total. The maximum Gasteiger partial charge on any atom is 0.357 e. The van der Waals surface area contributed by atoms with Gasteiger partial charge in [0, 0.05) is 17.4 Å². The van der Waals surface area contributed by atoms with E-state index in [4.69, 9.17) is 19.9 Å². The summed E-state index contributed by atoms with van der Waals surface area (Å²) in [5.41, 5.74) is 10.1. The third kappa shape index (κ3) is 3.47. The number of esters is 1. The lowest BCUT2D eigenvalue weighted by atomic mass is 10.0. The highest BCUT2D eigenvalue weighted by Crippen LogP contribution is 2.29. The van der Waals surface area contributed by atoms with E-state index in [0.717, 1.165) is 16.7 Å². The van der Waals surface area contributed by atoms with Crippen LogP contribution in [0.25, 0.3) is 16.8 Å². The molecule has 0 spiro atoms. The number of carbonyl (C=O) groups excluding carboxylic acids is 1. The molecule has 0 radical (unpaired) electrons. The van der Waals surface area contributed by atoms with Crippen LogP contribution in [0, 0.1) is 11.3 Å². The van der Waals surface area contributed by atoms with E-state index >= 15 is 0 Å². The van der Waals surface area contributed by atoms with Crippen molar-refractivity contribution in [1.29, 1.82) is 5.26 Å². The number of methoxy groups -OCH3 is 1. The summed E-state index contributed by atoms with van der Waals surface area (Å²) in [6.07, 6.45) is 1.24. The van der Waals surface area contributed by atoms with E-state index < -0.39 is 5.97 Å². The molecule has 4 rings (SSSR count). The third-order valence-corrected chi connectivity index (χ3v) is 4.83. The van der Waals surface area contributed by atoms with Gasteiger partial charge >= 0.3 is 5.97 Å². The Morgan fingerprint density at radius 2 is 1.69 bits per heavy atom. The van der Waals surface area contributed by atoms with Gasteiger partial charge in [-0.15, -0.1) is 0 Å². The smallest absolute Gasteiger partial charge is 0.357 e. The minimum Gasteiger partial charge on any atom is -0.464 e.